The number of thiocarbonyl (C=S) groups is 1. The first kappa shape index (κ1) is 14.7. The molecule has 1 amide bonds. The lowest BCUT2D eigenvalue weighted by Gasteiger charge is -2.13. The number of ketones is 1. The summed E-state index contributed by atoms with van der Waals surface area (Å²) in [7, 11) is 0. The molecule has 2 heterocycles. The highest BCUT2D eigenvalue weighted by Crippen LogP contribution is 2.36. The van der Waals surface area contributed by atoms with Crippen molar-refractivity contribution < 1.29 is 14.0 Å². The predicted molar refractivity (Wildman–Crippen MR) is 90.8 cm³/mol. The highest BCUT2D eigenvalue weighted by molar-refractivity contribution is 8.27. The lowest BCUT2D eigenvalue weighted by Crippen LogP contribution is -2.27. The summed E-state index contributed by atoms with van der Waals surface area (Å²) in [5.41, 5.74) is 0.734. The third-order valence-electron chi connectivity index (χ3n) is 3.06. The monoisotopic (exact) mass is 329 g/mol. The summed E-state index contributed by atoms with van der Waals surface area (Å²) >= 11 is 6.50. The fourth-order valence-corrected chi connectivity index (χ4v) is 3.30. The molecule has 1 aromatic heterocycles. The Morgan fingerprint density at radius 3 is 2.59 bits per heavy atom. The van der Waals surface area contributed by atoms with Crippen LogP contribution in [0.3, 0.4) is 0 Å². The molecule has 4 nitrogen and oxygen atoms in total. The molecule has 2 aromatic rings. The van der Waals surface area contributed by atoms with Gasteiger partial charge in [-0.3, -0.25) is 14.5 Å². The second-order valence-corrected chi connectivity index (χ2v) is 6.29. The molecule has 1 fully saturated rings. The molecule has 0 unspecified atom stereocenters. The number of carbonyl (C=O) groups excluding carboxylic acids is 2. The van der Waals surface area contributed by atoms with Crippen molar-refractivity contribution in [3.63, 3.8) is 0 Å². The van der Waals surface area contributed by atoms with Crippen LogP contribution in [-0.2, 0) is 4.79 Å². The van der Waals surface area contributed by atoms with E-state index in [-0.39, 0.29) is 17.5 Å². The Kier molecular flexibility index (Phi) is 3.96. The first-order valence-corrected chi connectivity index (χ1v) is 7.72. The minimum Gasteiger partial charge on any atom is -0.454 e. The van der Waals surface area contributed by atoms with Crippen LogP contribution in [0, 0.1) is 0 Å². The van der Waals surface area contributed by atoms with Gasteiger partial charge in [-0.15, -0.1) is 0 Å². The Labute approximate surface area is 136 Å². The highest BCUT2D eigenvalue weighted by Gasteiger charge is 2.33. The number of carbonyl (C=O) groups is 2. The van der Waals surface area contributed by atoms with Crippen molar-refractivity contribution in [2.24, 2.45) is 0 Å². The molecule has 0 saturated carbocycles. The molecule has 110 valence electrons. The molecule has 0 aliphatic carbocycles. The molecular weight excluding hydrogens is 318 g/mol. The van der Waals surface area contributed by atoms with Gasteiger partial charge < -0.3 is 4.42 Å². The van der Waals surface area contributed by atoms with Crippen molar-refractivity contribution in [3.05, 3.63) is 58.9 Å². The largest absolute Gasteiger partial charge is 0.454 e. The summed E-state index contributed by atoms with van der Waals surface area (Å²) in [6.45, 7) is 1.43. The number of hydrogen-bond donors (Lipinski definition) is 0. The number of thioether (sulfide) groups is 1. The molecule has 3 rings (SSSR count). The lowest BCUT2D eigenvalue weighted by atomic mass is 10.3. The Morgan fingerprint density at radius 1 is 1.23 bits per heavy atom. The second kappa shape index (κ2) is 5.90. The van der Waals surface area contributed by atoms with E-state index in [1.54, 1.807) is 18.2 Å². The van der Waals surface area contributed by atoms with Crippen molar-refractivity contribution in [1.29, 1.82) is 0 Å². The average molecular weight is 329 g/mol. The minimum absolute atomic E-state index is 0.156. The average Bonchev–Trinajstić information content (AvgIpc) is 3.06. The fraction of sp³-hybridized carbons (Fsp3) is 0.0625. The van der Waals surface area contributed by atoms with Gasteiger partial charge in [-0.2, -0.15) is 0 Å². The number of anilines is 1. The third kappa shape index (κ3) is 2.75. The molecule has 6 heteroatoms. The van der Waals surface area contributed by atoms with Gasteiger partial charge in [0.15, 0.2) is 15.9 Å². The van der Waals surface area contributed by atoms with Crippen LogP contribution in [0.4, 0.5) is 5.69 Å². The summed E-state index contributed by atoms with van der Waals surface area (Å²) in [4.78, 5) is 25.7. The van der Waals surface area contributed by atoms with Gasteiger partial charge in [0.05, 0.1) is 10.6 Å². The molecule has 22 heavy (non-hydrogen) atoms. The Hall–Kier alpha value is -2.18. The molecule has 1 aliphatic rings. The van der Waals surface area contributed by atoms with Gasteiger partial charge in [0.1, 0.15) is 5.76 Å². The van der Waals surface area contributed by atoms with Gasteiger partial charge in [-0.05, 0) is 24.3 Å². The van der Waals surface area contributed by atoms with Crippen LogP contribution in [0.15, 0.2) is 51.8 Å². The van der Waals surface area contributed by atoms with Crippen LogP contribution in [0.25, 0.3) is 6.08 Å². The zero-order valence-electron chi connectivity index (χ0n) is 11.6. The number of para-hydroxylation sites is 1. The van der Waals surface area contributed by atoms with Gasteiger partial charge in [-0.25, -0.2) is 0 Å². The molecule has 0 spiro atoms. The standard InChI is InChI=1S/C16H11NO3S2/c1-10(18)13-8-7-12(20-13)9-14-15(19)17(16(21)22-14)11-5-3-2-4-6-11/h2-9H,1H3/b14-9-. The van der Waals surface area contributed by atoms with Gasteiger partial charge in [-0.1, -0.05) is 42.2 Å². The number of nitrogens with zero attached hydrogens (tertiary/aromatic N) is 1. The van der Waals surface area contributed by atoms with E-state index in [4.69, 9.17) is 16.6 Å². The van der Waals surface area contributed by atoms with E-state index < -0.39 is 0 Å². The van der Waals surface area contributed by atoms with E-state index in [1.807, 2.05) is 30.3 Å². The van der Waals surface area contributed by atoms with E-state index in [9.17, 15) is 9.59 Å². The molecule has 0 N–H and O–H groups in total. The highest BCUT2D eigenvalue weighted by atomic mass is 32.2. The predicted octanol–water partition coefficient (Wildman–Crippen LogP) is 3.89. The number of rotatable bonds is 3. The quantitative estimate of drug-likeness (QED) is 0.486. The number of Topliss-reactive ketones (excluding diaryl/α,β-unsaturated/α-hetero) is 1. The third-order valence-corrected chi connectivity index (χ3v) is 4.36. The van der Waals surface area contributed by atoms with Crippen LogP contribution in [-0.4, -0.2) is 16.0 Å². The maximum absolute atomic E-state index is 12.5. The van der Waals surface area contributed by atoms with Crippen LogP contribution in [0.5, 0.6) is 0 Å². The molecular formula is C16H11NO3S2. The summed E-state index contributed by atoms with van der Waals surface area (Å²) in [5, 5.41) is 0. The zero-order valence-corrected chi connectivity index (χ0v) is 13.2. The summed E-state index contributed by atoms with van der Waals surface area (Å²) in [6.07, 6.45) is 1.61. The van der Waals surface area contributed by atoms with Gasteiger partial charge >= 0.3 is 0 Å². The number of benzene rings is 1. The van der Waals surface area contributed by atoms with Crippen LogP contribution in [0.2, 0.25) is 0 Å². The normalized spacial score (nSPS) is 16.6. The van der Waals surface area contributed by atoms with E-state index in [0.717, 1.165) is 5.69 Å². The Balaban J connectivity index is 1.90. The van der Waals surface area contributed by atoms with Crippen molar-refractivity contribution in [2.45, 2.75) is 6.92 Å². The number of furan rings is 1. The fourth-order valence-electron chi connectivity index (χ4n) is 2.02. The summed E-state index contributed by atoms with van der Waals surface area (Å²) in [6, 6.07) is 12.5. The van der Waals surface area contributed by atoms with Gasteiger partial charge in [0.2, 0.25) is 0 Å². The first-order chi connectivity index (χ1) is 10.6. The molecule has 1 aliphatic heterocycles. The van der Waals surface area contributed by atoms with Crippen LogP contribution >= 0.6 is 24.0 Å². The van der Waals surface area contributed by atoms with E-state index in [0.29, 0.717) is 15.0 Å². The Morgan fingerprint density at radius 2 is 1.95 bits per heavy atom. The smallest absolute Gasteiger partial charge is 0.270 e. The topological polar surface area (TPSA) is 50.5 Å². The molecule has 0 bridgehead atoms. The molecule has 0 atom stereocenters. The number of amides is 1. The lowest BCUT2D eigenvalue weighted by molar-refractivity contribution is -0.113. The van der Waals surface area contributed by atoms with E-state index in [1.165, 1.54) is 23.6 Å². The number of hydrogen-bond acceptors (Lipinski definition) is 5. The van der Waals surface area contributed by atoms with Gasteiger partial charge in [0.25, 0.3) is 5.91 Å². The zero-order chi connectivity index (χ0) is 15.7. The Bertz CT molecular complexity index is 793. The molecule has 0 radical (unpaired) electrons. The SMILES string of the molecule is CC(=O)c1ccc(/C=C2\SC(=S)N(c3ccccc3)C2=O)o1. The summed E-state index contributed by atoms with van der Waals surface area (Å²) in [5.74, 6) is 0.377. The first-order valence-electron chi connectivity index (χ1n) is 6.50. The molecule has 1 saturated heterocycles. The van der Waals surface area contributed by atoms with Crippen molar-refractivity contribution >= 4 is 51.8 Å². The summed E-state index contributed by atoms with van der Waals surface area (Å²) < 4.78 is 5.85. The van der Waals surface area contributed by atoms with Crippen molar-refractivity contribution in [1.82, 2.24) is 0 Å². The maximum Gasteiger partial charge on any atom is 0.270 e. The van der Waals surface area contributed by atoms with Crippen LogP contribution < -0.4 is 4.90 Å². The van der Waals surface area contributed by atoms with Crippen molar-refractivity contribution in [3.8, 4) is 0 Å². The second-order valence-electron chi connectivity index (χ2n) is 4.61. The maximum atomic E-state index is 12.5. The van der Waals surface area contributed by atoms with E-state index >= 15 is 0 Å². The van der Waals surface area contributed by atoms with Gasteiger partial charge in [0, 0.05) is 13.0 Å². The van der Waals surface area contributed by atoms with Crippen molar-refractivity contribution in [2.75, 3.05) is 4.90 Å². The van der Waals surface area contributed by atoms with Crippen LogP contribution in [0.1, 0.15) is 23.2 Å². The van der Waals surface area contributed by atoms with E-state index in [2.05, 4.69) is 0 Å². The molecule has 1 aromatic carbocycles. The minimum atomic E-state index is -0.193.